The Bertz CT molecular complexity index is 1290. The Kier molecular flexibility index (Phi) is 6.61. The highest BCUT2D eigenvalue weighted by atomic mass is 32.2. The van der Waals surface area contributed by atoms with Gasteiger partial charge in [0.25, 0.3) is 0 Å². The zero-order valence-electron chi connectivity index (χ0n) is 21.0. The van der Waals surface area contributed by atoms with Crippen molar-refractivity contribution in [1.82, 2.24) is 0 Å². The van der Waals surface area contributed by atoms with Crippen molar-refractivity contribution in [1.29, 1.82) is 0 Å². The molecule has 198 valence electrons. The first kappa shape index (κ1) is 27.7. The second kappa shape index (κ2) is 9.08. The molecule has 1 aromatic carbocycles. The summed E-state index contributed by atoms with van der Waals surface area (Å²) in [6, 6.07) is 3.44. The molecule has 1 N–H and O–H groups in total. The SMILES string of the molecule is [B]Cc1cc(C[B])c(C[B])c(C(=O)OC23CC4CC5C2CC5C(C(=O)OC(C)C(F)(F)S(=O)(=O)O)(C4)C3)c1. The largest absolute Gasteiger partial charge is 0.455 e. The maximum absolute atomic E-state index is 14.2. The molecule has 6 bridgehead atoms. The van der Waals surface area contributed by atoms with Crippen molar-refractivity contribution in [2.75, 3.05) is 0 Å². The fourth-order valence-electron chi connectivity index (χ4n) is 7.92. The third-order valence-corrected chi connectivity index (χ3v) is 10.5. The Morgan fingerprint density at radius 2 is 1.84 bits per heavy atom. The molecule has 6 aliphatic rings. The van der Waals surface area contributed by atoms with Gasteiger partial charge in [-0.2, -0.15) is 17.2 Å². The van der Waals surface area contributed by atoms with Gasteiger partial charge in [0.15, 0.2) is 6.10 Å². The van der Waals surface area contributed by atoms with Crippen molar-refractivity contribution in [2.24, 2.45) is 29.1 Å². The van der Waals surface area contributed by atoms with Gasteiger partial charge < -0.3 is 9.47 Å². The van der Waals surface area contributed by atoms with Crippen LogP contribution in [0.25, 0.3) is 0 Å². The summed E-state index contributed by atoms with van der Waals surface area (Å²) in [6.07, 6.45) is 0.442. The number of ether oxygens (including phenoxy) is 2. The Hall–Kier alpha value is -1.88. The highest BCUT2D eigenvalue weighted by Gasteiger charge is 2.76. The molecule has 0 aliphatic heterocycles. The van der Waals surface area contributed by atoms with E-state index in [-0.39, 0.29) is 54.6 Å². The maximum Gasteiger partial charge on any atom is 0.405 e. The predicted molar refractivity (Wildman–Crippen MR) is 134 cm³/mol. The van der Waals surface area contributed by atoms with E-state index in [0.29, 0.717) is 36.0 Å². The Morgan fingerprint density at radius 3 is 2.45 bits per heavy atom. The van der Waals surface area contributed by atoms with Crippen molar-refractivity contribution in [3.05, 3.63) is 34.4 Å². The van der Waals surface area contributed by atoms with E-state index in [9.17, 15) is 26.8 Å². The average molecular weight is 542 g/mol. The van der Waals surface area contributed by atoms with E-state index in [4.69, 9.17) is 37.6 Å². The third kappa shape index (κ3) is 3.89. The van der Waals surface area contributed by atoms with E-state index in [2.05, 4.69) is 0 Å². The fourth-order valence-corrected chi connectivity index (χ4v) is 8.39. The minimum absolute atomic E-state index is 0.0169. The van der Waals surface area contributed by atoms with Gasteiger partial charge >= 0.3 is 27.3 Å². The predicted octanol–water partition coefficient (Wildman–Crippen LogP) is 2.46. The number of benzene rings is 1. The van der Waals surface area contributed by atoms with Crippen LogP contribution in [0.15, 0.2) is 12.1 Å². The standard InChI is InChI=1S/C25H27B3F2O7S/c1-12(25(29,30)38(33,34)35)36-22(32)23-6-14-4-17-19(23)5-20(17)24(7-14,11-23)37-21(31)16-3-13(8-26)2-15(9-27)18(16)10-28/h2-3,12,14,17,19-20H,4-11H2,1H3,(H,33,34,35). The van der Waals surface area contributed by atoms with E-state index in [0.717, 1.165) is 13.3 Å². The Labute approximate surface area is 224 Å². The molecule has 38 heavy (non-hydrogen) atoms. The zero-order valence-corrected chi connectivity index (χ0v) is 21.8. The number of halogens is 2. The number of rotatable bonds is 9. The number of hydrogen-bond donors (Lipinski definition) is 1. The van der Waals surface area contributed by atoms with Gasteiger partial charge in [-0.15, -0.1) is 0 Å². The van der Waals surface area contributed by atoms with Crippen LogP contribution in [0.3, 0.4) is 0 Å². The smallest absolute Gasteiger partial charge is 0.405 e. The number of hydrogen-bond acceptors (Lipinski definition) is 6. The summed E-state index contributed by atoms with van der Waals surface area (Å²) >= 11 is 0. The fraction of sp³-hybridized carbons (Fsp3) is 0.680. The molecule has 7 rings (SSSR count). The molecule has 6 aliphatic carbocycles. The molecule has 1 aromatic rings. The number of carbonyl (C=O) groups is 2. The molecule has 6 fully saturated rings. The van der Waals surface area contributed by atoms with Crippen LogP contribution in [0.2, 0.25) is 0 Å². The molecule has 13 heteroatoms. The monoisotopic (exact) mass is 542 g/mol. The van der Waals surface area contributed by atoms with Crippen molar-refractivity contribution in [3.63, 3.8) is 0 Å². The van der Waals surface area contributed by atoms with Gasteiger partial charge in [-0.3, -0.25) is 9.35 Å². The van der Waals surface area contributed by atoms with Gasteiger partial charge in [0, 0.05) is 12.3 Å². The molecule has 0 spiro atoms. The van der Waals surface area contributed by atoms with E-state index < -0.39 is 44.4 Å². The molecular formula is C25H27B3F2O7S. The van der Waals surface area contributed by atoms with Gasteiger partial charge in [0.1, 0.15) is 5.60 Å². The minimum atomic E-state index is -5.79. The molecule has 7 unspecified atom stereocenters. The first-order valence-electron chi connectivity index (χ1n) is 12.8. The molecule has 0 amide bonds. The van der Waals surface area contributed by atoms with Gasteiger partial charge in [-0.25, -0.2) is 4.79 Å². The maximum atomic E-state index is 14.2. The topological polar surface area (TPSA) is 107 Å². The van der Waals surface area contributed by atoms with Crippen LogP contribution in [-0.2, 0) is 43.3 Å². The lowest BCUT2D eigenvalue weighted by Crippen LogP contribution is -2.74. The second-order valence-electron chi connectivity index (χ2n) is 11.4. The summed E-state index contributed by atoms with van der Waals surface area (Å²) in [6.45, 7) is 0.735. The van der Waals surface area contributed by atoms with Crippen LogP contribution >= 0.6 is 0 Å². The zero-order chi connectivity index (χ0) is 27.8. The van der Waals surface area contributed by atoms with Gasteiger partial charge in [-0.1, -0.05) is 36.2 Å². The third-order valence-electron chi connectivity index (χ3n) is 9.52. The Balaban J connectivity index is 1.45. The molecule has 0 saturated heterocycles. The lowest BCUT2D eigenvalue weighted by molar-refractivity contribution is -0.294. The van der Waals surface area contributed by atoms with E-state index in [1.165, 1.54) is 0 Å². The lowest BCUT2D eigenvalue weighted by Gasteiger charge is -2.73. The van der Waals surface area contributed by atoms with Gasteiger partial charge in [-0.05, 0) is 62.0 Å². The number of carbonyl (C=O) groups excluding carboxylic acids is 2. The molecule has 6 radical (unpaired) electrons. The summed E-state index contributed by atoms with van der Waals surface area (Å²) in [5, 5.41) is -4.66. The summed E-state index contributed by atoms with van der Waals surface area (Å²) < 4.78 is 71.0. The Morgan fingerprint density at radius 1 is 1.13 bits per heavy atom. The molecular weight excluding hydrogens is 515 g/mol. The average Bonchev–Trinajstić information content (AvgIpc) is 2.83. The van der Waals surface area contributed by atoms with Crippen LogP contribution in [-0.4, -0.2) is 65.4 Å². The first-order chi connectivity index (χ1) is 17.7. The normalized spacial score (nSPS) is 33.9. The van der Waals surface area contributed by atoms with Crippen LogP contribution < -0.4 is 0 Å². The highest BCUT2D eigenvalue weighted by Crippen LogP contribution is 2.75. The van der Waals surface area contributed by atoms with Crippen molar-refractivity contribution in [2.45, 2.75) is 74.9 Å². The molecule has 7 nitrogen and oxygen atoms in total. The summed E-state index contributed by atoms with van der Waals surface area (Å²) in [7, 11) is 11.8. The first-order valence-corrected chi connectivity index (χ1v) is 14.2. The molecule has 0 heterocycles. The van der Waals surface area contributed by atoms with Crippen LogP contribution in [0.5, 0.6) is 0 Å². The van der Waals surface area contributed by atoms with E-state index in [1.807, 2.05) is 0 Å². The van der Waals surface area contributed by atoms with Crippen LogP contribution in [0.4, 0.5) is 8.78 Å². The minimum Gasteiger partial charge on any atom is -0.455 e. The summed E-state index contributed by atoms with van der Waals surface area (Å²) in [5.41, 5.74) is 0.0339. The van der Waals surface area contributed by atoms with Crippen molar-refractivity contribution in [3.8, 4) is 0 Å². The van der Waals surface area contributed by atoms with Crippen molar-refractivity contribution >= 4 is 45.6 Å². The number of alkyl halides is 2. The van der Waals surface area contributed by atoms with Gasteiger partial charge in [0.2, 0.25) is 0 Å². The summed E-state index contributed by atoms with van der Waals surface area (Å²) in [4.78, 5) is 27.1. The molecule has 0 aromatic heterocycles. The van der Waals surface area contributed by atoms with E-state index >= 15 is 0 Å². The summed E-state index contributed by atoms with van der Waals surface area (Å²) in [5.74, 6) is -1.56. The lowest BCUT2D eigenvalue weighted by atomic mass is 9.32. The quantitative estimate of drug-likeness (QED) is 0.291. The molecule has 6 saturated carbocycles. The van der Waals surface area contributed by atoms with E-state index in [1.54, 1.807) is 12.1 Å². The molecule has 7 atom stereocenters. The van der Waals surface area contributed by atoms with Gasteiger partial charge in [0.05, 0.1) is 34.5 Å². The second-order valence-corrected chi connectivity index (χ2v) is 12.9. The van der Waals surface area contributed by atoms with Crippen molar-refractivity contribution < 1.29 is 40.8 Å². The number of esters is 2. The highest BCUT2D eigenvalue weighted by molar-refractivity contribution is 7.86. The van der Waals surface area contributed by atoms with Crippen LogP contribution in [0, 0.1) is 29.1 Å². The van der Waals surface area contributed by atoms with Crippen LogP contribution in [0.1, 0.15) is 66.1 Å².